The lowest BCUT2D eigenvalue weighted by Gasteiger charge is -2.24. The Morgan fingerprint density at radius 2 is 1.78 bits per heavy atom. The Balaban J connectivity index is 2.21. The zero-order chi connectivity index (χ0) is 20.4. The summed E-state index contributed by atoms with van der Waals surface area (Å²) in [6.07, 6.45) is 1.04. The normalized spacial score (nSPS) is 12.5. The fourth-order valence-corrected chi connectivity index (χ4v) is 3.90. The fourth-order valence-electron chi connectivity index (χ4n) is 2.76. The summed E-state index contributed by atoms with van der Waals surface area (Å²) in [5.41, 5.74) is 3.41. The maximum Gasteiger partial charge on any atom is 0.241 e. The van der Waals surface area contributed by atoms with Crippen molar-refractivity contribution in [3.05, 3.63) is 63.1 Å². The predicted octanol–water partition coefficient (Wildman–Crippen LogP) is 4.25. The van der Waals surface area contributed by atoms with E-state index in [1.54, 1.807) is 0 Å². The lowest BCUT2D eigenvalue weighted by molar-refractivity contribution is -0.120. The first kappa shape index (κ1) is 21.5. The Labute approximate surface area is 170 Å². The number of benzene rings is 2. The first-order valence-corrected chi connectivity index (χ1v) is 10.9. The molecular formula is C19H22Cl2N2O3S. The van der Waals surface area contributed by atoms with Crippen LogP contribution in [0.1, 0.15) is 29.7 Å². The van der Waals surface area contributed by atoms with E-state index in [0.717, 1.165) is 27.3 Å². The van der Waals surface area contributed by atoms with E-state index in [2.05, 4.69) is 5.32 Å². The van der Waals surface area contributed by atoms with Gasteiger partial charge in [0.15, 0.2) is 0 Å². The molecule has 0 unspecified atom stereocenters. The van der Waals surface area contributed by atoms with E-state index in [-0.39, 0.29) is 23.3 Å². The molecule has 0 radical (unpaired) electrons. The van der Waals surface area contributed by atoms with Crippen LogP contribution in [0.3, 0.4) is 0 Å². The molecule has 2 aromatic rings. The van der Waals surface area contributed by atoms with Crippen molar-refractivity contribution in [2.24, 2.45) is 0 Å². The van der Waals surface area contributed by atoms with Gasteiger partial charge in [-0.25, -0.2) is 8.42 Å². The van der Waals surface area contributed by atoms with Crippen molar-refractivity contribution in [1.29, 1.82) is 0 Å². The summed E-state index contributed by atoms with van der Waals surface area (Å²) < 4.78 is 25.4. The van der Waals surface area contributed by atoms with E-state index in [1.165, 1.54) is 18.2 Å². The molecule has 0 spiro atoms. The minimum Gasteiger partial charge on any atom is -0.348 e. The van der Waals surface area contributed by atoms with Gasteiger partial charge in [0.1, 0.15) is 6.54 Å². The van der Waals surface area contributed by atoms with Crippen molar-refractivity contribution in [2.45, 2.75) is 26.8 Å². The monoisotopic (exact) mass is 428 g/mol. The van der Waals surface area contributed by atoms with E-state index in [1.807, 2.05) is 39.0 Å². The van der Waals surface area contributed by atoms with Crippen molar-refractivity contribution in [2.75, 3.05) is 17.1 Å². The molecule has 27 heavy (non-hydrogen) atoms. The van der Waals surface area contributed by atoms with Crippen molar-refractivity contribution in [3.63, 3.8) is 0 Å². The first-order valence-electron chi connectivity index (χ1n) is 8.28. The zero-order valence-corrected chi connectivity index (χ0v) is 17.9. The quantitative estimate of drug-likeness (QED) is 0.747. The zero-order valence-electron chi connectivity index (χ0n) is 15.6. The molecule has 0 aliphatic rings. The third-order valence-electron chi connectivity index (χ3n) is 4.16. The third kappa shape index (κ3) is 5.61. The van der Waals surface area contributed by atoms with Gasteiger partial charge < -0.3 is 5.32 Å². The van der Waals surface area contributed by atoms with Gasteiger partial charge in [0.2, 0.25) is 15.9 Å². The molecule has 1 N–H and O–H groups in total. The van der Waals surface area contributed by atoms with Crippen LogP contribution < -0.4 is 9.62 Å². The summed E-state index contributed by atoms with van der Waals surface area (Å²) in [7, 11) is -3.69. The van der Waals surface area contributed by atoms with Gasteiger partial charge in [-0.05, 0) is 50.1 Å². The Morgan fingerprint density at radius 1 is 1.11 bits per heavy atom. The van der Waals surface area contributed by atoms with E-state index >= 15 is 0 Å². The summed E-state index contributed by atoms with van der Waals surface area (Å²) in [5.74, 6) is -0.417. The molecule has 146 valence electrons. The molecule has 5 nitrogen and oxygen atoms in total. The number of carbonyl (C=O) groups excluding carboxylic acids is 1. The highest BCUT2D eigenvalue weighted by atomic mass is 35.5. The number of anilines is 1. The van der Waals surface area contributed by atoms with Gasteiger partial charge in [-0.15, -0.1) is 0 Å². The van der Waals surface area contributed by atoms with Crippen LogP contribution in [0.15, 0.2) is 36.4 Å². The number of aryl methyl sites for hydroxylation is 2. The van der Waals surface area contributed by atoms with Crippen LogP contribution in [-0.2, 0) is 14.8 Å². The SMILES string of the molecule is Cc1ccc(C)c([C@@H](C)NC(=O)CN(c2ccc(Cl)c(Cl)c2)S(C)(=O)=O)c1. The smallest absolute Gasteiger partial charge is 0.241 e. The first-order chi connectivity index (χ1) is 12.5. The van der Waals surface area contributed by atoms with Crippen LogP contribution >= 0.6 is 23.2 Å². The number of nitrogens with zero attached hydrogens (tertiary/aromatic N) is 1. The molecular weight excluding hydrogens is 407 g/mol. The molecule has 0 heterocycles. The number of hydrogen-bond acceptors (Lipinski definition) is 3. The molecule has 0 fully saturated rings. The van der Waals surface area contributed by atoms with Crippen LogP contribution in [0, 0.1) is 13.8 Å². The molecule has 8 heteroatoms. The Bertz CT molecular complexity index is 961. The number of rotatable bonds is 6. The molecule has 1 amide bonds. The molecule has 0 saturated heterocycles. The largest absolute Gasteiger partial charge is 0.348 e. The van der Waals surface area contributed by atoms with E-state index < -0.39 is 15.9 Å². The highest BCUT2D eigenvalue weighted by molar-refractivity contribution is 7.92. The van der Waals surface area contributed by atoms with Gasteiger partial charge >= 0.3 is 0 Å². The van der Waals surface area contributed by atoms with Crippen LogP contribution in [0.2, 0.25) is 10.0 Å². The van der Waals surface area contributed by atoms with Crippen LogP contribution in [0.4, 0.5) is 5.69 Å². The number of hydrogen-bond donors (Lipinski definition) is 1. The average molecular weight is 429 g/mol. The van der Waals surface area contributed by atoms with E-state index in [4.69, 9.17) is 23.2 Å². The highest BCUT2D eigenvalue weighted by Crippen LogP contribution is 2.28. The lowest BCUT2D eigenvalue weighted by atomic mass is 10.00. The minimum absolute atomic E-state index is 0.215. The van der Waals surface area contributed by atoms with Gasteiger partial charge in [0, 0.05) is 0 Å². The van der Waals surface area contributed by atoms with Gasteiger partial charge in [-0.1, -0.05) is 47.0 Å². The second-order valence-corrected chi connectivity index (χ2v) is 9.24. The predicted molar refractivity (Wildman–Crippen MR) is 111 cm³/mol. The molecule has 1 atom stereocenters. The molecule has 0 aromatic heterocycles. The highest BCUT2D eigenvalue weighted by Gasteiger charge is 2.23. The van der Waals surface area contributed by atoms with Gasteiger partial charge in [-0.3, -0.25) is 9.10 Å². The number of halogens is 2. The van der Waals surface area contributed by atoms with Gasteiger partial charge in [-0.2, -0.15) is 0 Å². The molecule has 0 aliphatic heterocycles. The molecule has 2 aromatic carbocycles. The number of nitrogens with one attached hydrogen (secondary N) is 1. The Morgan fingerprint density at radius 3 is 2.37 bits per heavy atom. The minimum atomic E-state index is -3.69. The lowest BCUT2D eigenvalue weighted by Crippen LogP contribution is -2.41. The number of sulfonamides is 1. The summed E-state index contributed by atoms with van der Waals surface area (Å²) in [4.78, 5) is 12.5. The van der Waals surface area contributed by atoms with Crippen molar-refractivity contribution < 1.29 is 13.2 Å². The maximum atomic E-state index is 12.5. The molecule has 0 aliphatic carbocycles. The van der Waals surface area contributed by atoms with Gasteiger partial charge in [0.05, 0.1) is 28.0 Å². The average Bonchev–Trinajstić information content (AvgIpc) is 2.56. The molecule has 2 rings (SSSR count). The van der Waals surface area contributed by atoms with E-state index in [9.17, 15) is 13.2 Å². The van der Waals surface area contributed by atoms with Crippen LogP contribution in [0.25, 0.3) is 0 Å². The van der Waals surface area contributed by atoms with E-state index in [0.29, 0.717) is 5.02 Å². The summed E-state index contributed by atoms with van der Waals surface area (Å²) >= 11 is 11.9. The molecule has 0 bridgehead atoms. The van der Waals surface area contributed by atoms with Crippen LogP contribution in [0.5, 0.6) is 0 Å². The number of amides is 1. The Hall–Kier alpha value is -1.76. The second kappa shape index (κ2) is 8.50. The topological polar surface area (TPSA) is 66.5 Å². The summed E-state index contributed by atoms with van der Waals surface area (Å²) in [5, 5.41) is 3.38. The van der Waals surface area contributed by atoms with Crippen molar-refractivity contribution in [3.8, 4) is 0 Å². The second-order valence-electron chi connectivity index (χ2n) is 6.52. The number of carbonyl (C=O) groups is 1. The fraction of sp³-hybridized carbons (Fsp3) is 0.316. The maximum absolute atomic E-state index is 12.5. The summed E-state index contributed by atoms with van der Waals surface area (Å²) in [6, 6.07) is 10.2. The third-order valence-corrected chi connectivity index (χ3v) is 6.04. The van der Waals surface area contributed by atoms with Crippen molar-refractivity contribution in [1.82, 2.24) is 5.32 Å². The molecule has 0 saturated carbocycles. The van der Waals surface area contributed by atoms with Gasteiger partial charge in [0.25, 0.3) is 0 Å². The van der Waals surface area contributed by atoms with Crippen molar-refractivity contribution >= 4 is 44.8 Å². The summed E-state index contributed by atoms with van der Waals surface area (Å²) in [6.45, 7) is 5.46. The van der Waals surface area contributed by atoms with Crippen LogP contribution in [-0.4, -0.2) is 27.1 Å². The standard InChI is InChI=1S/C19H22Cl2N2O3S/c1-12-5-6-13(2)16(9-12)14(3)22-19(24)11-23(27(4,25)26)15-7-8-17(20)18(21)10-15/h5-10,14H,11H2,1-4H3,(H,22,24)/t14-/m1/s1. The Kier molecular flexibility index (Phi) is 6.78.